The Morgan fingerprint density at radius 2 is 2.00 bits per heavy atom. The third kappa shape index (κ3) is 5.82. The number of carbonyl (C=O) groups excluding carboxylic acids is 1. The van der Waals surface area contributed by atoms with E-state index in [0.717, 1.165) is 54.2 Å². The first-order valence-corrected chi connectivity index (χ1v) is 13.8. The Kier molecular flexibility index (Phi) is 7.91. The van der Waals surface area contributed by atoms with E-state index in [-0.39, 0.29) is 11.9 Å². The number of fused-ring (bicyclic) bond motifs is 1. The van der Waals surface area contributed by atoms with Crippen molar-refractivity contribution in [3.8, 4) is 28.0 Å². The number of hydrogen-bond acceptors (Lipinski definition) is 9. The summed E-state index contributed by atoms with van der Waals surface area (Å²) in [5, 5.41) is 29.5. The van der Waals surface area contributed by atoms with E-state index in [1.165, 1.54) is 30.6 Å². The van der Waals surface area contributed by atoms with Crippen molar-refractivity contribution in [1.82, 2.24) is 35.0 Å². The van der Waals surface area contributed by atoms with E-state index in [9.17, 15) is 4.79 Å². The third-order valence-electron chi connectivity index (χ3n) is 6.48. The Hall–Kier alpha value is -3.88. The molecule has 1 amide bonds. The van der Waals surface area contributed by atoms with Crippen LogP contribution in [0, 0.1) is 11.3 Å². The van der Waals surface area contributed by atoms with Crippen molar-refractivity contribution < 1.29 is 4.79 Å². The van der Waals surface area contributed by atoms with Crippen LogP contribution in [0.25, 0.3) is 27.5 Å². The predicted octanol–water partition coefficient (Wildman–Crippen LogP) is 4.21. The van der Waals surface area contributed by atoms with Crippen LogP contribution in [0.5, 0.6) is 0 Å². The summed E-state index contributed by atoms with van der Waals surface area (Å²) in [4.78, 5) is 19.9. The van der Waals surface area contributed by atoms with Gasteiger partial charge in [-0.3, -0.25) is 9.78 Å². The van der Waals surface area contributed by atoms with Gasteiger partial charge in [0, 0.05) is 24.5 Å². The summed E-state index contributed by atoms with van der Waals surface area (Å²) in [5.74, 6) is -0.196. The third-order valence-corrected chi connectivity index (χ3v) is 7.43. The number of pyridine rings is 1. The number of nitrogens with zero attached hydrogens (tertiary/aromatic N) is 7. The van der Waals surface area contributed by atoms with Crippen molar-refractivity contribution in [2.75, 3.05) is 31.5 Å². The van der Waals surface area contributed by atoms with Crippen LogP contribution in [0.3, 0.4) is 0 Å². The Balaban J connectivity index is 1.32. The smallest absolute Gasteiger partial charge is 0.282 e. The van der Waals surface area contributed by atoms with E-state index < -0.39 is 0 Å². The van der Waals surface area contributed by atoms with Crippen LogP contribution in [-0.4, -0.2) is 67.8 Å². The lowest BCUT2D eigenvalue weighted by Gasteiger charge is -2.26. The van der Waals surface area contributed by atoms with Gasteiger partial charge in [0.1, 0.15) is 6.07 Å². The van der Waals surface area contributed by atoms with Crippen LogP contribution >= 0.6 is 11.3 Å². The number of nitriles is 1. The topological polar surface area (TPSA) is 124 Å². The van der Waals surface area contributed by atoms with Gasteiger partial charge in [-0.05, 0) is 77.0 Å². The molecule has 1 aliphatic rings. The number of amides is 1. The number of hydrogen-bond donors (Lipinski definition) is 2. The number of aromatic nitrogens is 5. The van der Waals surface area contributed by atoms with Crippen LogP contribution in [0.15, 0.2) is 36.7 Å². The van der Waals surface area contributed by atoms with Crippen LogP contribution < -0.4 is 10.6 Å². The zero-order chi connectivity index (χ0) is 26.5. The number of nitrogens with one attached hydrogen (secondary N) is 2. The monoisotopic (exact) mass is 529 g/mol. The standard InChI is InChI=1S/C27H31N9OS/c1-18(2)32-22-14-23(24-8-7-20-13-19(15-28)16-31-36(20)24)30-17-21(22)26-33-34-27(38-26)25(37)29-9-6-12-35-10-4-3-5-11-35/h7-8,13-14,16-18H,3-6,9-12H2,1-2H3,(H,29,37)(H,30,32). The SMILES string of the molecule is CC(C)Nc1cc(-c2ccc3cc(C#N)cnn23)ncc1-c1nnc(C(=O)NCCCN2CCCCC2)s1. The molecule has 196 valence electrons. The molecule has 4 aromatic rings. The molecule has 0 spiro atoms. The summed E-state index contributed by atoms with van der Waals surface area (Å²) in [6.07, 6.45) is 8.08. The summed E-state index contributed by atoms with van der Waals surface area (Å²) in [6, 6.07) is 9.88. The summed E-state index contributed by atoms with van der Waals surface area (Å²) >= 11 is 1.26. The lowest BCUT2D eigenvalue weighted by atomic mass is 10.1. The molecule has 0 atom stereocenters. The van der Waals surface area contributed by atoms with Crippen molar-refractivity contribution in [1.29, 1.82) is 5.26 Å². The first kappa shape index (κ1) is 25.8. The van der Waals surface area contributed by atoms with E-state index in [0.29, 0.717) is 22.1 Å². The van der Waals surface area contributed by atoms with E-state index in [1.807, 2.05) is 18.2 Å². The number of piperidine rings is 1. The first-order chi connectivity index (χ1) is 18.5. The highest BCUT2D eigenvalue weighted by Crippen LogP contribution is 2.33. The average molecular weight is 530 g/mol. The van der Waals surface area contributed by atoms with Gasteiger partial charge in [0.2, 0.25) is 5.01 Å². The lowest BCUT2D eigenvalue weighted by molar-refractivity contribution is 0.0950. The zero-order valence-electron chi connectivity index (χ0n) is 21.6. The summed E-state index contributed by atoms with van der Waals surface area (Å²) < 4.78 is 1.76. The van der Waals surface area contributed by atoms with Gasteiger partial charge < -0.3 is 15.5 Å². The Bertz CT molecular complexity index is 1460. The molecule has 4 aromatic heterocycles. The number of rotatable bonds is 9. The predicted molar refractivity (Wildman–Crippen MR) is 148 cm³/mol. The molecule has 38 heavy (non-hydrogen) atoms. The average Bonchev–Trinajstić information content (AvgIpc) is 3.59. The van der Waals surface area contributed by atoms with Gasteiger partial charge in [-0.15, -0.1) is 10.2 Å². The van der Waals surface area contributed by atoms with E-state index >= 15 is 0 Å². The molecule has 0 bridgehead atoms. The molecule has 5 heterocycles. The van der Waals surface area contributed by atoms with Crippen molar-refractivity contribution in [3.05, 3.63) is 47.2 Å². The molecule has 0 aromatic carbocycles. The molecule has 0 aliphatic carbocycles. The minimum atomic E-state index is -0.196. The van der Waals surface area contributed by atoms with Crippen molar-refractivity contribution in [2.24, 2.45) is 0 Å². The molecule has 1 aliphatic heterocycles. The number of anilines is 1. The lowest BCUT2D eigenvalue weighted by Crippen LogP contribution is -2.33. The van der Waals surface area contributed by atoms with Gasteiger partial charge in [-0.25, -0.2) is 4.52 Å². The maximum absolute atomic E-state index is 12.7. The van der Waals surface area contributed by atoms with E-state index in [2.05, 4.69) is 55.7 Å². The molecule has 1 saturated heterocycles. The maximum atomic E-state index is 12.7. The van der Waals surface area contributed by atoms with Crippen molar-refractivity contribution in [2.45, 2.75) is 45.6 Å². The molecule has 5 rings (SSSR count). The van der Waals surface area contributed by atoms with Crippen LogP contribution in [-0.2, 0) is 0 Å². The highest BCUT2D eigenvalue weighted by Gasteiger charge is 2.19. The van der Waals surface area contributed by atoms with Crippen molar-refractivity contribution in [3.63, 3.8) is 0 Å². The van der Waals surface area contributed by atoms with Gasteiger partial charge in [0.25, 0.3) is 5.91 Å². The Morgan fingerprint density at radius 3 is 2.79 bits per heavy atom. The van der Waals surface area contributed by atoms with Crippen LogP contribution in [0.2, 0.25) is 0 Å². The molecule has 10 nitrogen and oxygen atoms in total. The van der Waals surface area contributed by atoms with E-state index in [1.54, 1.807) is 23.0 Å². The van der Waals surface area contributed by atoms with Gasteiger partial charge in [-0.2, -0.15) is 10.4 Å². The quantitative estimate of drug-likeness (QED) is 0.309. The summed E-state index contributed by atoms with van der Waals surface area (Å²) in [6.45, 7) is 8.07. The Labute approximate surface area is 225 Å². The van der Waals surface area contributed by atoms with Crippen LogP contribution in [0.1, 0.15) is 54.9 Å². The fraction of sp³-hybridized carbons (Fsp3) is 0.407. The molecular formula is C27H31N9OS. The Morgan fingerprint density at radius 1 is 1.16 bits per heavy atom. The molecule has 11 heteroatoms. The van der Waals surface area contributed by atoms with Crippen LogP contribution in [0.4, 0.5) is 5.69 Å². The zero-order valence-corrected chi connectivity index (χ0v) is 22.5. The molecule has 0 saturated carbocycles. The number of carbonyl (C=O) groups is 1. The second-order valence-corrected chi connectivity index (χ2v) is 10.7. The minimum absolute atomic E-state index is 0.167. The summed E-state index contributed by atoms with van der Waals surface area (Å²) in [5.41, 5.74) is 4.49. The molecule has 2 N–H and O–H groups in total. The number of likely N-dealkylation sites (tertiary alicyclic amines) is 1. The molecule has 1 fully saturated rings. The highest BCUT2D eigenvalue weighted by atomic mass is 32.1. The van der Waals surface area contributed by atoms with Crippen molar-refractivity contribution >= 4 is 28.4 Å². The molecule has 0 radical (unpaired) electrons. The fourth-order valence-electron chi connectivity index (χ4n) is 4.64. The van der Waals surface area contributed by atoms with Gasteiger partial charge in [0.15, 0.2) is 5.01 Å². The highest BCUT2D eigenvalue weighted by molar-refractivity contribution is 7.16. The molecule has 0 unspecified atom stereocenters. The van der Waals surface area contributed by atoms with E-state index in [4.69, 9.17) is 5.26 Å². The first-order valence-electron chi connectivity index (χ1n) is 13.0. The van der Waals surface area contributed by atoms with Gasteiger partial charge in [0.05, 0.1) is 34.2 Å². The van der Waals surface area contributed by atoms with Gasteiger partial charge >= 0.3 is 0 Å². The summed E-state index contributed by atoms with van der Waals surface area (Å²) in [7, 11) is 0. The largest absolute Gasteiger partial charge is 0.382 e. The second-order valence-electron chi connectivity index (χ2n) is 9.75. The minimum Gasteiger partial charge on any atom is -0.382 e. The maximum Gasteiger partial charge on any atom is 0.282 e. The fourth-order valence-corrected chi connectivity index (χ4v) is 5.42. The van der Waals surface area contributed by atoms with Gasteiger partial charge in [-0.1, -0.05) is 17.8 Å². The second kappa shape index (κ2) is 11.7. The molecular weight excluding hydrogens is 498 g/mol. The normalized spacial score (nSPS) is 14.1.